The van der Waals surface area contributed by atoms with Crippen molar-refractivity contribution in [1.29, 1.82) is 5.26 Å². The van der Waals surface area contributed by atoms with E-state index in [9.17, 15) is 4.79 Å². The molecule has 1 saturated carbocycles. The molecular formula is C22H22N6O2. The second kappa shape index (κ2) is 7.34. The first-order chi connectivity index (χ1) is 14.7. The average Bonchev–Trinajstić information content (AvgIpc) is 3.42. The molecule has 3 heterocycles. The Kier molecular flexibility index (Phi) is 4.51. The number of hydrogen-bond donors (Lipinski definition) is 1. The predicted octanol–water partition coefficient (Wildman–Crippen LogP) is 2.34. The fourth-order valence-corrected chi connectivity index (χ4v) is 4.12. The molecule has 8 nitrogen and oxygen atoms in total. The van der Waals surface area contributed by atoms with Gasteiger partial charge in [-0.05, 0) is 43.2 Å². The van der Waals surface area contributed by atoms with E-state index in [-0.39, 0.29) is 17.9 Å². The number of nitrogens with one attached hydrogen (secondary N) is 1. The zero-order valence-electron chi connectivity index (χ0n) is 16.5. The lowest BCUT2D eigenvalue weighted by Gasteiger charge is -2.25. The first-order valence-electron chi connectivity index (χ1n) is 10.1. The van der Waals surface area contributed by atoms with Crippen LogP contribution in [0.5, 0.6) is 5.75 Å². The summed E-state index contributed by atoms with van der Waals surface area (Å²) < 4.78 is 5.67. The highest BCUT2D eigenvalue weighted by atomic mass is 16.5. The second-order valence-corrected chi connectivity index (χ2v) is 8.10. The van der Waals surface area contributed by atoms with E-state index in [2.05, 4.69) is 25.9 Å². The summed E-state index contributed by atoms with van der Waals surface area (Å²) in [6, 6.07) is 10.9. The fraction of sp³-hybridized carbons (Fsp3) is 0.364. The van der Waals surface area contributed by atoms with Gasteiger partial charge in [-0.1, -0.05) is 0 Å². The zero-order valence-corrected chi connectivity index (χ0v) is 16.5. The molecule has 1 spiro atoms. The lowest BCUT2D eigenvalue weighted by Crippen LogP contribution is -2.39. The number of amides is 1. The van der Waals surface area contributed by atoms with Gasteiger partial charge in [0.05, 0.1) is 17.0 Å². The van der Waals surface area contributed by atoms with Crippen molar-refractivity contribution >= 4 is 22.8 Å². The lowest BCUT2D eigenvalue weighted by atomic mass is 10.1. The van der Waals surface area contributed by atoms with Crippen LogP contribution in [0.1, 0.15) is 18.4 Å². The van der Waals surface area contributed by atoms with Crippen LogP contribution in [-0.4, -0.2) is 58.5 Å². The van der Waals surface area contributed by atoms with E-state index in [0.29, 0.717) is 17.9 Å². The van der Waals surface area contributed by atoms with Crippen LogP contribution in [0.3, 0.4) is 0 Å². The SMILES string of the molecule is N#Cc1ccc(OCC(=O)N2CCN(c3ncnc4[nH]ccc34)CC3(CC3)C2)cc1. The third-order valence-corrected chi connectivity index (χ3v) is 5.98. The van der Waals surface area contributed by atoms with Crippen LogP contribution in [0.4, 0.5) is 5.82 Å². The molecule has 5 rings (SSSR count). The molecule has 1 N–H and O–H groups in total. The summed E-state index contributed by atoms with van der Waals surface area (Å²) in [6.07, 6.45) is 5.70. The molecule has 1 aliphatic heterocycles. The number of anilines is 1. The van der Waals surface area contributed by atoms with Crippen LogP contribution < -0.4 is 9.64 Å². The van der Waals surface area contributed by atoms with Crippen molar-refractivity contribution < 1.29 is 9.53 Å². The molecule has 152 valence electrons. The minimum Gasteiger partial charge on any atom is -0.484 e. The Hall–Kier alpha value is -3.60. The molecule has 0 radical (unpaired) electrons. The first-order valence-corrected chi connectivity index (χ1v) is 10.1. The average molecular weight is 402 g/mol. The van der Waals surface area contributed by atoms with Crippen LogP contribution >= 0.6 is 0 Å². The van der Waals surface area contributed by atoms with E-state index < -0.39 is 0 Å². The maximum atomic E-state index is 12.9. The van der Waals surface area contributed by atoms with E-state index in [1.54, 1.807) is 30.6 Å². The summed E-state index contributed by atoms with van der Waals surface area (Å²) in [5, 5.41) is 9.89. The van der Waals surface area contributed by atoms with Crippen molar-refractivity contribution in [2.75, 3.05) is 37.7 Å². The normalized spacial score (nSPS) is 17.6. The van der Waals surface area contributed by atoms with Gasteiger partial charge in [0.15, 0.2) is 6.61 Å². The Balaban J connectivity index is 1.28. The number of H-pyrrole nitrogens is 1. The maximum Gasteiger partial charge on any atom is 0.260 e. The van der Waals surface area contributed by atoms with Crippen molar-refractivity contribution in [2.45, 2.75) is 12.8 Å². The zero-order chi connectivity index (χ0) is 20.6. The fourth-order valence-electron chi connectivity index (χ4n) is 4.12. The van der Waals surface area contributed by atoms with E-state index in [4.69, 9.17) is 10.00 Å². The third kappa shape index (κ3) is 3.54. The van der Waals surface area contributed by atoms with Gasteiger partial charge >= 0.3 is 0 Å². The molecule has 1 aliphatic carbocycles. The molecule has 0 bridgehead atoms. The van der Waals surface area contributed by atoms with Crippen LogP contribution in [0, 0.1) is 16.7 Å². The van der Waals surface area contributed by atoms with Crippen molar-refractivity contribution in [3.05, 3.63) is 48.4 Å². The highest BCUT2D eigenvalue weighted by Gasteiger charge is 2.48. The van der Waals surface area contributed by atoms with Gasteiger partial charge in [0.2, 0.25) is 0 Å². The number of fused-ring (bicyclic) bond motifs is 1. The molecular weight excluding hydrogens is 380 g/mol. The van der Waals surface area contributed by atoms with Gasteiger partial charge in [-0.3, -0.25) is 4.79 Å². The summed E-state index contributed by atoms with van der Waals surface area (Å²) in [7, 11) is 0. The number of nitrogens with zero attached hydrogens (tertiary/aromatic N) is 5. The summed E-state index contributed by atoms with van der Waals surface area (Å²) in [5.74, 6) is 1.51. The van der Waals surface area contributed by atoms with Crippen LogP contribution in [0.15, 0.2) is 42.9 Å². The van der Waals surface area contributed by atoms with Crippen molar-refractivity contribution in [2.24, 2.45) is 5.41 Å². The quantitative estimate of drug-likeness (QED) is 0.719. The number of hydrogen-bond acceptors (Lipinski definition) is 6. The van der Waals surface area contributed by atoms with Gasteiger partial charge in [-0.25, -0.2) is 9.97 Å². The van der Waals surface area contributed by atoms with Gasteiger partial charge in [0.1, 0.15) is 23.5 Å². The number of ether oxygens (including phenoxy) is 1. The smallest absolute Gasteiger partial charge is 0.260 e. The number of carbonyl (C=O) groups is 1. The van der Waals surface area contributed by atoms with E-state index in [1.165, 1.54) is 0 Å². The Morgan fingerprint density at radius 2 is 2.00 bits per heavy atom. The minimum atomic E-state index is -0.0121. The summed E-state index contributed by atoms with van der Waals surface area (Å²) in [5.41, 5.74) is 1.53. The Bertz CT molecular complexity index is 1110. The van der Waals surface area contributed by atoms with Crippen LogP contribution in [0.25, 0.3) is 11.0 Å². The summed E-state index contributed by atoms with van der Waals surface area (Å²) in [4.78, 5) is 29.1. The second-order valence-electron chi connectivity index (χ2n) is 8.10. The number of benzene rings is 1. The Morgan fingerprint density at radius 1 is 1.17 bits per heavy atom. The van der Waals surface area contributed by atoms with E-state index in [1.807, 2.05) is 17.2 Å². The van der Waals surface area contributed by atoms with E-state index >= 15 is 0 Å². The van der Waals surface area contributed by atoms with Gasteiger partial charge in [-0.15, -0.1) is 0 Å². The van der Waals surface area contributed by atoms with Crippen molar-refractivity contribution in [3.8, 4) is 11.8 Å². The van der Waals surface area contributed by atoms with Gasteiger partial charge in [0, 0.05) is 37.8 Å². The van der Waals surface area contributed by atoms with Gasteiger partial charge in [-0.2, -0.15) is 5.26 Å². The van der Waals surface area contributed by atoms with Gasteiger partial charge < -0.3 is 19.5 Å². The molecule has 2 aliphatic rings. The molecule has 1 aromatic carbocycles. The number of aromatic nitrogens is 3. The molecule has 2 fully saturated rings. The van der Waals surface area contributed by atoms with Crippen molar-refractivity contribution in [1.82, 2.24) is 19.9 Å². The number of nitriles is 1. The van der Waals surface area contributed by atoms with Gasteiger partial charge in [0.25, 0.3) is 5.91 Å². The molecule has 8 heteroatoms. The summed E-state index contributed by atoms with van der Waals surface area (Å²) in [6.45, 7) is 3.00. The lowest BCUT2D eigenvalue weighted by molar-refractivity contribution is -0.133. The van der Waals surface area contributed by atoms with E-state index in [0.717, 1.165) is 49.3 Å². The molecule has 0 atom stereocenters. The third-order valence-electron chi connectivity index (χ3n) is 5.98. The molecule has 3 aromatic rings. The molecule has 30 heavy (non-hydrogen) atoms. The highest BCUT2D eigenvalue weighted by molar-refractivity contribution is 5.87. The number of carbonyl (C=O) groups excluding carboxylic acids is 1. The molecule has 1 amide bonds. The van der Waals surface area contributed by atoms with Crippen LogP contribution in [-0.2, 0) is 4.79 Å². The molecule has 1 saturated heterocycles. The first kappa shape index (κ1) is 18.4. The molecule has 2 aromatic heterocycles. The standard InChI is InChI=1S/C22H22N6O2/c23-11-16-1-3-17(4-2-16)30-12-19(29)27-9-10-28(14-22(13-27)6-7-22)21-18-5-8-24-20(18)25-15-26-21/h1-5,8,15H,6-7,9-10,12-14H2,(H,24,25,26). The largest absolute Gasteiger partial charge is 0.484 e. The maximum absolute atomic E-state index is 12.9. The Labute approximate surface area is 174 Å². The Morgan fingerprint density at radius 3 is 2.77 bits per heavy atom. The topological polar surface area (TPSA) is 98.1 Å². The summed E-state index contributed by atoms with van der Waals surface area (Å²) >= 11 is 0. The van der Waals surface area contributed by atoms with Crippen molar-refractivity contribution in [3.63, 3.8) is 0 Å². The van der Waals surface area contributed by atoms with Crippen LogP contribution in [0.2, 0.25) is 0 Å². The number of rotatable bonds is 4. The minimum absolute atomic E-state index is 0.00244. The predicted molar refractivity (Wildman–Crippen MR) is 111 cm³/mol. The highest BCUT2D eigenvalue weighted by Crippen LogP contribution is 2.48. The number of aromatic amines is 1. The monoisotopic (exact) mass is 402 g/mol. The molecule has 0 unspecified atom stereocenters.